The number of hydrogen-bond acceptors (Lipinski definition) is 1. The molecule has 3 aromatic rings. The fourth-order valence-electron chi connectivity index (χ4n) is 2.65. The lowest BCUT2D eigenvalue weighted by molar-refractivity contribution is -0.686. The van der Waals surface area contributed by atoms with Crippen LogP contribution in [0.4, 0.5) is 0 Å². The van der Waals surface area contributed by atoms with Crippen molar-refractivity contribution in [3.8, 4) is 0 Å². The van der Waals surface area contributed by atoms with E-state index in [1.807, 2.05) is 12.1 Å². The summed E-state index contributed by atoms with van der Waals surface area (Å²) in [5.41, 5.74) is 2.78. The van der Waals surface area contributed by atoms with Gasteiger partial charge in [-0.3, -0.25) is 0 Å². The van der Waals surface area contributed by atoms with Crippen molar-refractivity contribution in [2.45, 2.75) is 13.1 Å². The van der Waals surface area contributed by atoms with Gasteiger partial charge in [0.2, 0.25) is 0 Å². The summed E-state index contributed by atoms with van der Waals surface area (Å²) in [6.07, 6.45) is 0. The van der Waals surface area contributed by atoms with E-state index in [0.717, 1.165) is 18.7 Å². The second-order valence-corrected chi connectivity index (χ2v) is 5.34. The predicted molar refractivity (Wildman–Crippen MR) is 86.7 cm³/mol. The van der Waals surface area contributed by atoms with Crippen LogP contribution in [-0.2, 0) is 13.1 Å². The Morgan fingerprint density at radius 1 is 0.870 bits per heavy atom. The van der Waals surface area contributed by atoms with E-state index < -0.39 is 5.97 Å². The minimum atomic E-state index is -0.883. The molecule has 0 saturated heterocycles. The molecule has 0 radical (unpaired) electrons. The number of hydrogen-bond donors (Lipinski definition) is 2. The third kappa shape index (κ3) is 4.09. The first-order valence-corrected chi connectivity index (χ1v) is 7.34. The van der Waals surface area contributed by atoms with Gasteiger partial charge in [-0.25, -0.2) is 4.79 Å². The van der Waals surface area contributed by atoms with Crippen molar-refractivity contribution in [2.24, 2.45) is 0 Å². The molecule has 0 heterocycles. The van der Waals surface area contributed by atoms with E-state index in [0.29, 0.717) is 5.56 Å². The van der Waals surface area contributed by atoms with Crippen molar-refractivity contribution < 1.29 is 27.6 Å². The summed E-state index contributed by atoms with van der Waals surface area (Å²) in [5, 5.41) is 13.7. The Kier molecular flexibility index (Phi) is 5.74. The Morgan fingerprint density at radius 3 is 2.30 bits per heavy atom. The number of carboxylic acids is 1. The third-order valence-electron chi connectivity index (χ3n) is 3.83. The molecule has 0 bridgehead atoms. The molecule has 0 spiro atoms. The van der Waals surface area contributed by atoms with Crippen LogP contribution in [0.15, 0.2) is 66.7 Å². The second-order valence-electron chi connectivity index (χ2n) is 5.34. The molecule has 0 aliphatic heterocycles. The summed E-state index contributed by atoms with van der Waals surface area (Å²) >= 11 is 0. The summed E-state index contributed by atoms with van der Waals surface area (Å²) in [4.78, 5) is 10.8. The van der Waals surface area contributed by atoms with Crippen LogP contribution >= 0.6 is 0 Å². The van der Waals surface area contributed by atoms with Gasteiger partial charge < -0.3 is 22.8 Å². The van der Waals surface area contributed by atoms with Crippen molar-refractivity contribution in [2.75, 3.05) is 0 Å². The van der Waals surface area contributed by atoms with Gasteiger partial charge in [0.15, 0.2) is 0 Å². The molecule has 3 rings (SSSR count). The van der Waals surface area contributed by atoms with Crippen LogP contribution in [0.1, 0.15) is 21.5 Å². The number of carboxylic acid groups (broad SMARTS) is 1. The normalized spacial score (nSPS) is 10.3. The van der Waals surface area contributed by atoms with Crippen molar-refractivity contribution >= 4 is 16.7 Å². The number of nitrogens with two attached hydrogens (primary N) is 1. The first kappa shape index (κ1) is 17.0. The fourth-order valence-corrected chi connectivity index (χ4v) is 2.65. The van der Waals surface area contributed by atoms with E-state index in [1.165, 1.54) is 16.3 Å². The highest BCUT2D eigenvalue weighted by Crippen LogP contribution is 2.17. The van der Waals surface area contributed by atoms with Crippen LogP contribution in [0.5, 0.6) is 0 Å². The van der Waals surface area contributed by atoms with Crippen LogP contribution < -0.4 is 17.7 Å². The van der Waals surface area contributed by atoms with E-state index in [-0.39, 0.29) is 12.4 Å². The molecule has 3 aromatic carbocycles. The Balaban J connectivity index is 0.00000192. The average molecular weight is 328 g/mol. The van der Waals surface area contributed by atoms with E-state index >= 15 is 0 Å². The standard InChI is InChI=1S/C19H17NO2.ClH/c21-19(22)16-10-8-14(9-11-16)12-20-13-17-6-3-5-15-4-1-2-7-18(15)17;/h1-11,20H,12-13H2,(H,21,22);1H. The molecule has 0 aliphatic rings. The summed E-state index contributed by atoms with van der Waals surface area (Å²) in [6, 6.07) is 21.8. The maximum atomic E-state index is 10.8. The molecule has 23 heavy (non-hydrogen) atoms. The molecule has 0 saturated carbocycles. The summed E-state index contributed by atoms with van der Waals surface area (Å²) in [5.74, 6) is -0.883. The molecule has 0 atom stereocenters. The van der Waals surface area contributed by atoms with Gasteiger partial charge in [0.1, 0.15) is 13.1 Å². The molecule has 0 amide bonds. The van der Waals surface area contributed by atoms with Gasteiger partial charge in [-0.05, 0) is 22.9 Å². The number of benzene rings is 3. The molecule has 3 N–H and O–H groups in total. The van der Waals surface area contributed by atoms with Crippen molar-refractivity contribution in [3.05, 3.63) is 83.4 Å². The number of aromatic carboxylic acids is 1. The van der Waals surface area contributed by atoms with Crippen LogP contribution in [0.25, 0.3) is 10.8 Å². The van der Waals surface area contributed by atoms with Gasteiger partial charge in [-0.15, -0.1) is 0 Å². The Labute approximate surface area is 141 Å². The molecular weight excluding hydrogens is 310 g/mol. The maximum absolute atomic E-state index is 10.8. The van der Waals surface area contributed by atoms with Gasteiger partial charge in [-0.1, -0.05) is 54.6 Å². The Bertz CT molecular complexity index is 795. The predicted octanol–water partition coefficient (Wildman–Crippen LogP) is -0.194. The first-order valence-electron chi connectivity index (χ1n) is 7.34. The molecule has 0 unspecified atom stereocenters. The summed E-state index contributed by atoms with van der Waals surface area (Å²) < 4.78 is 0. The molecule has 0 aliphatic carbocycles. The van der Waals surface area contributed by atoms with Crippen LogP contribution in [0.3, 0.4) is 0 Å². The smallest absolute Gasteiger partial charge is 0.335 e. The first-order chi connectivity index (χ1) is 10.7. The van der Waals surface area contributed by atoms with Crippen LogP contribution in [-0.4, -0.2) is 11.1 Å². The molecule has 0 aromatic heterocycles. The zero-order valence-corrected chi connectivity index (χ0v) is 13.3. The third-order valence-corrected chi connectivity index (χ3v) is 3.83. The topological polar surface area (TPSA) is 53.9 Å². The van der Waals surface area contributed by atoms with E-state index in [4.69, 9.17) is 5.11 Å². The minimum absolute atomic E-state index is 0. The zero-order chi connectivity index (χ0) is 15.4. The van der Waals surface area contributed by atoms with Gasteiger partial charge in [0.25, 0.3) is 0 Å². The SMILES string of the molecule is O=C(O)c1ccc(C[NH2+]Cc2cccc3ccccc23)cc1.[Cl-]. The van der Waals surface area contributed by atoms with Gasteiger partial charge in [0.05, 0.1) is 5.56 Å². The van der Waals surface area contributed by atoms with Gasteiger partial charge in [0, 0.05) is 11.1 Å². The number of fused-ring (bicyclic) bond motifs is 1. The highest BCUT2D eigenvalue weighted by Gasteiger charge is 2.04. The second kappa shape index (κ2) is 7.77. The largest absolute Gasteiger partial charge is 1.00 e. The molecule has 0 fully saturated rings. The lowest BCUT2D eigenvalue weighted by Crippen LogP contribution is -3.00. The molecule has 4 heteroatoms. The Morgan fingerprint density at radius 2 is 1.57 bits per heavy atom. The van der Waals surface area contributed by atoms with E-state index in [1.54, 1.807) is 12.1 Å². The number of halogens is 1. The zero-order valence-electron chi connectivity index (χ0n) is 12.6. The van der Waals surface area contributed by atoms with Crippen LogP contribution in [0, 0.1) is 0 Å². The van der Waals surface area contributed by atoms with Crippen molar-refractivity contribution in [1.82, 2.24) is 0 Å². The van der Waals surface area contributed by atoms with Crippen molar-refractivity contribution in [1.29, 1.82) is 0 Å². The van der Waals surface area contributed by atoms with E-state index in [2.05, 4.69) is 47.8 Å². The maximum Gasteiger partial charge on any atom is 0.335 e. The number of rotatable bonds is 5. The Hall–Kier alpha value is -2.36. The lowest BCUT2D eigenvalue weighted by Gasteiger charge is -2.06. The molecule has 118 valence electrons. The number of quaternary nitrogens is 1. The molecular formula is C19H18ClNO2. The fraction of sp³-hybridized carbons (Fsp3) is 0.105. The summed E-state index contributed by atoms with van der Waals surface area (Å²) in [7, 11) is 0. The minimum Gasteiger partial charge on any atom is -1.00 e. The lowest BCUT2D eigenvalue weighted by atomic mass is 10.0. The number of carbonyl (C=O) groups is 1. The van der Waals surface area contributed by atoms with E-state index in [9.17, 15) is 4.79 Å². The summed E-state index contributed by atoms with van der Waals surface area (Å²) in [6.45, 7) is 1.74. The van der Waals surface area contributed by atoms with Gasteiger partial charge in [-0.2, -0.15) is 0 Å². The average Bonchev–Trinajstić information content (AvgIpc) is 2.55. The highest BCUT2D eigenvalue weighted by atomic mass is 35.5. The molecule has 3 nitrogen and oxygen atoms in total. The van der Waals surface area contributed by atoms with Gasteiger partial charge >= 0.3 is 5.97 Å². The quantitative estimate of drug-likeness (QED) is 0.682. The highest BCUT2D eigenvalue weighted by molar-refractivity contribution is 5.87. The monoisotopic (exact) mass is 327 g/mol. The van der Waals surface area contributed by atoms with Crippen LogP contribution in [0.2, 0.25) is 0 Å². The van der Waals surface area contributed by atoms with Crippen molar-refractivity contribution in [3.63, 3.8) is 0 Å².